The molecule has 0 atom stereocenters. The second-order valence-electron chi connectivity index (χ2n) is 6.83. The van der Waals surface area contributed by atoms with Gasteiger partial charge in [-0.25, -0.2) is 0 Å². The van der Waals surface area contributed by atoms with Crippen molar-refractivity contribution in [3.63, 3.8) is 0 Å². The molecule has 0 bridgehead atoms. The van der Waals surface area contributed by atoms with E-state index < -0.39 is 0 Å². The van der Waals surface area contributed by atoms with Gasteiger partial charge in [0.2, 0.25) is 0 Å². The molecule has 118 valence electrons. The van der Waals surface area contributed by atoms with Crippen molar-refractivity contribution in [3.05, 3.63) is 29.3 Å². The molecule has 3 heteroatoms. The molecule has 0 amide bonds. The number of hydrogen-bond acceptors (Lipinski definition) is 3. The number of morpholine rings is 1. The first-order valence-corrected chi connectivity index (χ1v) is 8.01. The zero-order chi connectivity index (χ0) is 15.3. The Balaban J connectivity index is 1.83. The van der Waals surface area contributed by atoms with Gasteiger partial charge in [-0.2, -0.15) is 0 Å². The molecule has 21 heavy (non-hydrogen) atoms. The molecule has 1 fully saturated rings. The van der Waals surface area contributed by atoms with Crippen molar-refractivity contribution in [2.75, 3.05) is 39.5 Å². The van der Waals surface area contributed by atoms with E-state index in [4.69, 9.17) is 9.47 Å². The molecular weight excluding hydrogens is 262 g/mol. The van der Waals surface area contributed by atoms with Crippen LogP contribution in [0.3, 0.4) is 0 Å². The normalized spacial score (nSPS) is 17.0. The van der Waals surface area contributed by atoms with Crippen LogP contribution in [-0.2, 0) is 10.2 Å². The van der Waals surface area contributed by atoms with E-state index in [9.17, 15) is 0 Å². The Morgan fingerprint density at radius 1 is 1.19 bits per heavy atom. The summed E-state index contributed by atoms with van der Waals surface area (Å²) in [5.41, 5.74) is 2.81. The highest BCUT2D eigenvalue weighted by atomic mass is 16.5. The van der Waals surface area contributed by atoms with E-state index in [1.165, 1.54) is 11.1 Å². The summed E-state index contributed by atoms with van der Waals surface area (Å²) in [6.07, 6.45) is 1.07. The van der Waals surface area contributed by atoms with Crippen LogP contribution in [0, 0.1) is 6.92 Å². The first kappa shape index (κ1) is 16.3. The van der Waals surface area contributed by atoms with Gasteiger partial charge in [-0.15, -0.1) is 0 Å². The maximum Gasteiger partial charge on any atom is 0.122 e. The average molecular weight is 291 g/mol. The van der Waals surface area contributed by atoms with E-state index in [2.05, 4.69) is 50.8 Å². The van der Waals surface area contributed by atoms with E-state index in [1.807, 2.05) is 0 Å². The molecule has 1 saturated heterocycles. The van der Waals surface area contributed by atoms with Gasteiger partial charge in [-0.3, -0.25) is 4.90 Å². The summed E-state index contributed by atoms with van der Waals surface area (Å²) in [5.74, 6) is 1.03. The van der Waals surface area contributed by atoms with Gasteiger partial charge >= 0.3 is 0 Å². The van der Waals surface area contributed by atoms with E-state index in [0.29, 0.717) is 0 Å². The summed E-state index contributed by atoms with van der Waals surface area (Å²) < 4.78 is 11.4. The van der Waals surface area contributed by atoms with Crippen molar-refractivity contribution in [2.45, 2.75) is 39.5 Å². The Bertz CT molecular complexity index is 445. The Hall–Kier alpha value is -1.06. The standard InChI is InChI=1S/C18H29NO2/c1-15-16(18(2,3)4)7-5-8-17(15)21-12-6-9-19-10-13-20-14-11-19/h5,7-8H,6,9-14H2,1-4H3. The van der Waals surface area contributed by atoms with E-state index in [0.717, 1.165) is 51.6 Å². The van der Waals surface area contributed by atoms with Gasteiger partial charge in [0.1, 0.15) is 5.75 Å². The molecule has 2 rings (SSSR count). The van der Waals surface area contributed by atoms with Crippen LogP contribution in [0.5, 0.6) is 5.75 Å². The zero-order valence-corrected chi connectivity index (χ0v) is 13.9. The largest absolute Gasteiger partial charge is 0.493 e. The van der Waals surface area contributed by atoms with E-state index >= 15 is 0 Å². The molecule has 1 aliphatic heterocycles. The van der Waals surface area contributed by atoms with Gasteiger partial charge < -0.3 is 9.47 Å². The number of nitrogens with zero attached hydrogens (tertiary/aromatic N) is 1. The topological polar surface area (TPSA) is 21.7 Å². The van der Waals surface area contributed by atoms with Crippen LogP contribution in [0.2, 0.25) is 0 Å². The molecule has 0 aromatic heterocycles. The zero-order valence-electron chi connectivity index (χ0n) is 13.9. The van der Waals surface area contributed by atoms with Gasteiger partial charge in [0.15, 0.2) is 0 Å². The van der Waals surface area contributed by atoms with E-state index in [-0.39, 0.29) is 5.41 Å². The summed E-state index contributed by atoms with van der Waals surface area (Å²) in [7, 11) is 0. The predicted octanol–water partition coefficient (Wildman–Crippen LogP) is 3.39. The molecular formula is C18H29NO2. The Morgan fingerprint density at radius 2 is 1.90 bits per heavy atom. The third-order valence-electron chi connectivity index (χ3n) is 4.07. The minimum atomic E-state index is 0.164. The monoisotopic (exact) mass is 291 g/mol. The maximum absolute atomic E-state index is 6.01. The number of benzene rings is 1. The van der Waals surface area contributed by atoms with Gasteiger partial charge in [-0.1, -0.05) is 32.9 Å². The summed E-state index contributed by atoms with van der Waals surface area (Å²) >= 11 is 0. The maximum atomic E-state index is 6.01. The minimum Gasteiger partial charge on any atom is -0.493 e. The second-order valence-corrected chi connectivity index (χ2v) is 6.83. The number of rotatable bonds is 5. The summed E-state index contributed by atoms with van der Waals surface area (Å²) in [6.45, 7) is 14.6. The van der Waals surface area contributed by atoms with Crippen LogP contribution in [0.1, 0.15) is 38.3 Å². The van der Waals surface area contributed by atoms with Crippen molar-refractivity contribution >= 4 is 0 Å². The molecule has 0 unspecified atom stereocenters. The summed E-state index contributed by atoms with van der Waals surface area (Å²) in [6, 6.07) is 6.39. The predicted molar refractivity (Wildman–Crippen MR) is 87.3 cm³/mol. The van der Waals surface area contributed by atoms with Crippen LogP contribution in [0.25, 0.3) is 0 Å². The average Bonchev–Trinajstić information content (AvgIpc) is 2.45. The molecule has 0 saturated carbocycles. The lowest BCUT2D eigenvalue weighted by molar-refractivity contribution is 0.0358. The Labute approximate surface area is 129 Å². The number of hydrogen-bond donors (Lipinski definition) is 0. The van der Waals surface area contributed by atoms with Crippen molar-refractivity contribution in [1.29, 1.82) is 0 Å². The lowest BCUT2D eigenvalue weighted by Crippen LogP contribution is -2.37. The molecule has 1 aromatic rings. The highest BCUT2D eigenvalue weighted by Gasteiger charge is 2.18. The molecule has 1 heterocycles. The second kappa shape index (κ2) is 7.28. The fraction of sp³-hybridized carbons (Fsp3) is 0.667. The Morgan fingerprint density at radius 3 is 2.57 bits per heavy atom. The Kier molecular flexibility index (Phi) is 5.65. The highest BCUT2D eigenvalue weighted by molar-refractivity contribution is 5.42. The smallest absolute Gasteiger partial charge is 0.122 e. The summed E-state index contributed by atoms with van der Waals surface area (Å²) in [5, 5.41) is 0. The van der Waals surface area contributed by atoms with Crippen molar-refractivity contribution in [3.8, 4) is 5.75 Å². The number of ether oxygens (including phenoxy) is 2. The first-order chi connectivity index (χ1) is 9.98. The van der Waals surface area contributed by atoms with Gasteiger partial charge in [0.05, 0.1) is 19.8 Å². The van der Waals surface area contributed by atoms with Crippen molar-refractivity contribution in [1.82, 2.24) is 4.90 Å². The van der Waals surface area contributed by atoms with Crippen molar-refractivity contribution < 1.29 is 9.47 Å². The fourth-order valence-corrected chi connectivity index (χ4v) is 2.88. The lowest BCUT2D eigenvalue weighted by Gasteiger charge is -2.26. The molecule has 0 aliphatic carbocycles. The van der Waals surface area contributed by atoms with Gasteiger partial charge in [-0.05, 0) is 36.0 Å². The lowest BCUT2D eigenvalue weighted by atomic mass is 9.84. The molecule has 0 spiro atoms. The van der Waals surface area contributed by atoms with Crippen LogP contribution in [0.4, 0.5) is 0 Å². The molecule has 0 radical (unpaired) electrons. The quantitative estimate of drug-likeness (QED) is 0.776. The van der Waals surface area contributed by atoms with Crippen molar-refractivity contribution in [2.24, 2.45) is 0 Å². The van der Waals surface area contributed by atoms with Gasteiger partial charge in [0.25, 0.3) is 0 Å². The van der Waals surface area contributed by atoms with E-state index in [1.54, 1.807) is 0 Å². The van der Waals surface area contributed by atoms with Gasteiger partial charge in [0, 0.05) is 19.6 Å². The van der Waals surface area contributed by atoms with Crippen LogP contribution < -0.4 is 4.74 Å². The third-order valence-corrected chi connectivity index (χ3v) is 4.07. The first-order valence-electron chi connectivity index (χ1n) is 8.01. The molecule has 0 N–H and O–H groups in total. The van der Waals surface area contributed by atoms with Crippen LogP contribution in [-0.4, -0.2) is 44.4 Å². The molecule has 3 nitrogen and oxygen atoms in total. The molecule has 1 aromatic carbocycles. The SMILES string of the molecule is Cc1c(OCCCN2CCOCC2)cccc1C(C)(C)C. The third kappa shape index (κ3) is 4.72. The summed E-state index contributed by atoms with van der Waals surface area (Å²) in [4.78, 5) is 2.45. The minimum absolute atomic E-state index is 0.164. The molecule has 1 aliphatic rings. The fourth-order valence-electron chi connectivity index (χ4n) is 2.88. The van der Waals surface area contributed by atoms with Crippen LogP contribution >= 0.6 is 0 Å². The highest BCUT2D eigenvalue weighted by Crippen LogP contribution is 2.30. The van der Waals surface area contributed by atoms with Crippen LogP contribution in [0.15, 0.2) is 18.2 Å².